The lowest BCUT2D eigenvalue weighted by molar-refractivity contribution is -0.132. The van der Waals surface area contributed by atoms with Gasteiger partial charge in [-0.3, -0.25) is 4.79 Å². The first-order chi connectivity index (χ1) is 5.67. The van der Waals surface area contributed by atoms with E-state index < -0.39 is 0 Å². The van der Waals surface area contributed by atoms with Gasteiger partial charge in [-0.1, -0.05) is 13.8 Å². The Bertz CT molecular complexity index is 134. The molecule has 0 aromatic heterocycles. The molecule has 2 nitrogen and oxygen atoms in total. The first-order valence-electron chi connectivity index (χ1n) is 4.76. The Labute approximate surface area is 75.9 Å². The second-order valence-electron chi connectivity index (χ2n) is 3.09. The van der Waals surface area contributed by atoms with Gasteiger partial charge in [0.25, 0.3) is 0 Å². The van der Waals surface area contributed by atoms with E-state index in [1.807, 2.05) is 4.90 Å². The third kappa shape index (κ3) is 3.24. The fraction of sp³-hybridized carbons (Fsp3) is 0.800. The van der Waals surface area contributed by atoms with Crippen LogP contribution < -0.4 is 0 Å². The van der Waals surface area contributed by atoms with E-state index in [9.17, 15) is 4.79 Å². The molecule has 71 valence electrons. The highest BCUT2D eigenvalue weighted by Gasteiger charge is 2.15. The summed E-state index contributed by atoms with van der Waals surface area (Å²) >= 11 is 0. The maximum absolute atomic E-state index is 11.4. The van der Waals surface area contributed by atoms with Gasteiger partial charge >= 0.3 is 0 Å². The van der Waals surface area contributed by atoms with Crippen LogP contribution in [0.4, 0.5) is 0 Å². The van der Waals surface area contributed by atoms with Gasteiger partial charge in [0.2, 0.25) is 5.91 Å². The van der Waals surface area contributed by atoms with Crippen LogP contribution in [0.5, 0.6) is 0 Å². The predicted octanol–water partition coefficient (Wildman–Crippen LogP) is 2.25. The molecule has 0 saturated heterocycles. The number of hydrogen-bond donors (Lipinski definition) is 0. The number of amides is 1. The Hall–Kier alpha value is -0.530. The summed E-state index contributed by atoms with van der Waals surface area (Å²) in [4.78, 5) is 13.3. The Balaban J connectivity index is 4.11. The van der Waals surface area contributed by atoms with Gasteiger partial charge in [-0.05, 0) is 26.7 Å². The summed E-state index contributed by atoms with van der Waals surface area (Å²) in [6.07, 6.45) is 2.42. The van der Waals surface area contributed by atoms with Crippen molar-refractivity contribution >= 4 is 5.91 Å². The van der Waals surface area contributed by atoms with E-state index >= 15 is 0 Å². The number of hydrogen-bond acceptors (Lipinski definition) is 1. The Morgan fingerprint density at radius 1 is 1.50 bits per heavy atom. The van der Waals surface area contributed by atoms with Crippen molar-refractivity contribution in [2.45, 2.75) is 46.1 Å². The van der Waals surface area contributed by atoms with Gasteiger partial charge in [0.15, 0.2) is 0 Å². The Morgan fingerprint density at radius 2 is 2.08 bits per heavy atom. The van der Waals surface area contributed by atoms with Crippen LogP contribution >= 0.6 is 0 Å². The summed E-state index contributed by atoms with van der Waals surface area (Å²) in [5.41, 5.74) is 0. The van der Waals surface area contributed by atoms with E-state index in [1.54, 1.807) is 0 Å². The summed E-state index contributed by atoms with van der Waals surface area (Å²) in [7, 11) is 0. The van der Waals surface area contributed by atoms with Crippen LogP contribution in [-0.4, -0.2) is 23.4 Å². The zero-order valence-electron chi connectivity index (χ0n) is 8.47. The zero-order chi connectivity index (χ0) is 9.56. The quantitative estimate of drug-likeness (QED) is 0.619. The second kappa shape index (κ2) is 6.04. The van der Waals surface area contributed by atoms with Gasteiger partial charge in [-0.2, -0.15) is 0 Å². The SMILES string of the molecule is [CH2]CC(=O)N(CCC)C(C)CC. The average molecular weight is 170 g/mol. The summed E-state index contributed by atoms with van der Waals surface area (Å²) in [5, 5.41) is 0. The maximum atomic E-state index is 11.4. The molecule has 0 bridgehead atoms. The van der Waals surface area contributed by atoms with Crippen molar-refractivity contribution in [2.75, 3.05) is 6.54 Å². The summed E-state index contributed by atoms with van der Waals surface area (Å²) in [6, 6.07) is 0.360. The van der Waals surface area contributed by atoms with E-state index in [-0.39, 0.29) is 5.91 Å². The lowest BCUT2D eigenvalue weighted by Crippen LogP contribution is -2.38. The second-order valence-corrected chi connectivity index (χ2v) is 3.09. The molecule has 1 unspecified atom stereocenters. The fourth-order valence-corrected chi connectivity index (χ4v) is 1.20. The van der Waals surface area contributed by atoms with Crippen LogP contribution in [0.2, 0.25) is 0 Å². The van der Waals surface area contributed by atoms with Gasteiger partial charge < -0.3 is 4.90 Å². The summed E-state index contributed by atoms with van der Waals surface area (Å²) in [6.45, 7) is 10.8. The van der Waals surface area contributed by atoms with Gasteiger partial charge in [0.1, 0.15) is 0 Å². The minimum atomic E-state index is 0.172. The maximum Gasteiger partial charge on any atom is 0.222 e. The van der Waals surface area contributed by atoms with Crippen LogP contribution in [0, 0.1) is 6.92 Å². The fourth-order valence-electron chi connectivity index (χ4n) is 1.20. The Morgan fingerprint density at radius 3 is 2.42 bits per heavy atom. The molecule has 0 aromatic carbocycles. The van der Waals surface area contributed by atoms with Gasteiger partial charge in [-0.25, -0.2) is 0 Å². The average Bonchev–Trinajstić information content (AvgIpc) is 2.11. The van der Waals surface area contributed by atoms with Crippen LogP contribution in [-0.2, 0) is 4.79 Å². The molecule has 2 heteroatoms. The number of rotatable bonds is 5. The zero-order valence-corrected chi connectivity index (χ0v) is 8.47. The summed E-state index contributed by atoms with van der Waals surface area (Å²) in [5.74, 6) is 0.172. The molecular formula is C10H20NO. The highest BCUT2D eigenvalue weighted by atomic mass is 16.2. The highest BCUT2D eigenvalue weighted by molar-refractivity contribution is 5.76. The van der Waals surface area contributed by atoms with Crippen LogP contribution in [0.3, 0.4) is 0 Å². The third-order valence-corrected chi connectivity index (χ3v) is 2.12. The molecule has 0 N–H and O–H groups in total. The van der Waals surface area contributed by atoms with Crippen molar-refractivity contribution in [3.63, 3.8) is 0 Å². The molecule has 1 amide bonds. The molecule has 12 heavy (non-hydrogen) atoms. The van der Waals surface area contributed by atoms with Gasteiger partial charge in [0.05, 0.1) is 0 Å². The molecular weight excluding hydrogens is 150 g/mol. The molecule has 0 aliphatic rings. The molecule has 0 spiro atoms. The van der Waals surface area contributed by atoms with E-state index in [2.05, 4.69) is 27.7 Å². The molecule has 1 radical (unpaired) electrons. The number of nitrogens with zero attached hydrogens (tertiary/aromatic N) is 1. The molecule has 0 aromatic rings. The summed E-state index contributed by atoms with van der Waals surface area (Å²) < 4.78 is 0. The molecule has 0 rings (SSSR count). The molecule has 1 atom stereocenters. The molecule has 0 saturated carbocycles. The van der Waals surface area contributed by atoms with E-state index in [4.69, 9.17) is 0 Å². The largest absolute Gasteiger partial charge is 0.340 e. The monoisotopic (exact) mass is 170 g/mol. The van der Waals surface area contributed by atoms with Crippen molar-refractivity contribution in [1.29, 1.82) is 0 Å². The standard InChI is InChI=1S/C10H20NO/c1-5-8-11(9(4)6-2)10(12)7-3/h9H,3,5-8H2,1-2,4H3. The third-order valence-electron chi connectivity index (χ3n) is 2.12. The lowest BCUT2D eigenvalue weighted by Gasteiger charge is -2.27. The molecule has 0 aliphatic carbocycles. The van der Waals surface area contributed by atoms with Crippen LogP contribution in [0.15, 0.2) is 0 Å². The van der Waals surface area contributed by atoms with Gasteiger partial charge in [0, 0.05) is 19.0 Å². The van der Waals surface area contributed by atoms with E-state index in [1.165, 1.54) is 0 Å². The molecule has 0 aliphatic heterocycles. The van der Waals surface area contributed by atoms with Crippen molar-refractivity contribution in [3.8, 4) is 0 Å². The molecule has 0 heterocycles. The van der Waals surface area contributed by atoms with Gasteiger partial charge in [-0.15, -0.1) is 0 Å². The van der Waals surface area contributed by atoms with Crippen molar-refractivity contribution in [1.82, 2.24) is 4.90 Å². The van der Waals surface area contributed by atoms with Crippen molar-refractivity contribution < 1.29 is 4.79 Å². The molecule has 0 fully saturated rings. The van der Waals surface area contributed by atoms with E-state index in [0.29, 0.717) is 12.5 Å². The minimum absolute atomic E-state index is 0.172. The smallest absolute Gasteiger partial charge is 0.222 e. The predicted molar refractivity (Wildman–Crippen MR) is 51.7 cm³/mol. The number of carbonyl (C=O) groups excluding carboxylic acids is 1. The normalized spacial score (nSPS) is 12.7. The first-order valence-corrected chi connectivity index (χ1v) is 4.76. The minimum Gasteiger partial charge on any atom is -0.340 e. The Kier molecular flexibility index (Phi) is 5.77. The number of carbonyl (C=O) groups is 1. The lowest BCUT2D eigenvalue weighted by atomic mass is 10.2. The van der Waals surface area contributed by atoms with Crippen molar-refractivity contribution in [3.05, 3.63) is 6.92 Å². The van der Waals surface area contributed by atoms with Crippen LogP contribution in [0.25, 0.3) is 0 Å². The van der Waals surface area contributed by atoms with E-state index in [0.717, 1.165) is 19.4 Å². The first kappa shape index (κ1) is 11.5. The highest BCUT2D eigenvalue weighted by Crippen LogP contribution is 2.06. The topological polar surface area (TPSA) is 20.3 Å². The van der Waals surface area contributed by atoms with Crippen LogP contribution in [0.1, 0.15) is 40.0 Å². The van der Waals surface area contributed by atoms with Crippen molar-refractivity contribution in [2.24, 2.45) is 0 Å².